The van der Waals surface area contributed by atoms with Gasteiger partial charge in [0.05, 0.1) is 0 Å². The molecule has 3 heteroatoms. The minimum atomic E-state index is 0.808. The number of hydrogen-bond donors (Lipinski definition) is 1. The second-order valence-electron chi connectivity index (χ2n) is 3.31. The van der Waals surface area contributed by atoms with Gasteiger partial charge in [-0.05, 0) is 19.9 Å². The molecule has 0 heterocycles. The van der Waals surface area contributed by atoms with Gasteiger partial charge in [-0.1, -0.05) is 13.5 Å². The van der Waals surface area contributed by atoms with Gasteiger partial charge in [-0.25, -0.2) is 0 Å². The Morgan fingerprint density at radius 2 is 2.07 bits per heavy atom. The normalized spacial score (nSPS) is 11.9. The van der Waals surface area contributed by atoms with Gasteiger partial charge in [-0.15, -0.1) is 0 Å². The molecule has 0 atom stereocenters. The number of nitrogens with one attached hydrogen (secondary N) is 1. The molecule has 0 spiro atoms. The lowest BCUT2D eigenvalue weighted by molar-refractivity contribution is 0.483. The lowest BCUT2D eigenvalue weighted by Gasteiger charge is -2.11. The van der Waals surface area contributed by atoms with Crippen molar-refractivity contribution in [3.63, 3.8) is 0 Å². The Hall–Kier alpha value is -1.25. The fraction of sp³-hybridized carbons (Fsp3) is 0.583. The number of aliphatic imine (C=N–C) groups is 1. The van der Waals surface area contributed by atoms with Crippen molar-refractivity contribution in [2.45, 2.75) is 27.2 Å². The smallest absolute Gasteiger partial charge is 0.100 e. The van der Waals surface area contributed by atoms with E-state index in [2.05, 4.69) is 35.6 Å². The lowest BCUT2D eigenvalue weighted by Crippen LogP contribution is -2.21. The summed E-state index contributed by atoms with van der Waals surface area (Å²) in [6, 6.07) is 0. The highest BCUT2D eigenvalue weighted by atomic mass is 15.1. The summed E-state index contributed by atoms with van der Waals surface area (Å²) in [6.07, 6.45) is 4.88. The van der Waals surface area contributed by atoms with Crippen LogP contribution in [0.2, 0.25) is 0 Å². The number of nitrogens with zero attached hydrogens (tertiary/aromatic N) is 2. The minimum absolute atomic E-state index is 0.808. The Morgan fingerprint density at radius 1 is 1.40 bits per heavy atom. The topological polar surface area (TPSA) is 27.6 Å². The zero-order valence-electron chi connectivity index (χ0n) is 10.4. The van der Waals surface area contributed by atoms with Crippen molar-refractivity contribution in [3.8, 4) is 0 Å². The van der Waals surface area contributed by atoms with Gasteiger partial charge in [-0.3, -0.25) is 4.99 Å². The molecule has 0 amide bonds. The maximum Gasteiger partial charge on any atom is 0.100 e. The first kappa shape index (κ1) is 13.8. The molecule has 0 unspecified atom stereocenters. The Morgan fingerprint density at radius 3 is 2.53 bits per heavy atom. The van der Waals surface area contributed by atoms with Crippen LogP contribution in [0.3, 0.4) is 0 Å². The van der Waals surface area contributed by atoms with E-state index in [4.69, 9.17) is 0 Å². The van der Waals surface area contributed by atoms with E-state index in [0.29, 0.717) is 0 Å². The molecule has 86 valence electrons. The van der Waals surface area contributed by atoms with Crippen molar-refractivity contribution in [1.82, 2.24) is 10.2 Å². The third-order valence-corrected chi connectivity index (χ3v) is 2.02. The van der Waals surface area contributed by atoms with Gasteiger partial charge < -0.3 is 10.2 Å². The zero-order valence-corrected chi connectivity index (χ0v) is 10.4. The number of amidine groups is 1. The number of rotatable bonds is 6. The summed E-state index contributed by atoms with van der Waals surface area (Å²) >= 11 is 0. The molecule has 0 aliphatic carbocycles. The summed E-state index contributed by atoms with van der Waals surface area (Å²) in [6.45, 7) is 11.9. The van der Waals surface area contributed by atoms with Crippen LogP contribution < -0.4 is 5.32 Å². The standard InChI is InChI=1S/C12H23N3/c1-6-12(13-7-2)14-11(4)9-10-15(5)8-3/h9-10H,4,6-8H2,1-3,5H3,(H,13,14)/b10-9-. The Labute approximate surface area is 93.6 Å². The van der Waals surface area contributed by atoms with Crippen molar-refractivity contribution in [3.05, 3.63) is 24.6 Å². The van der Waals surface area contributed by atoms with E-state index >= 15 is 0 Å². The first-order valence-electron chi connectivity index (χ1n) is 5.51. The van der Waals surface area contributed by atoms with Gasteiger partial charge in [0.2, 0.25) is 0 Å². The Bertz CT molecular complexity index is 241. The summed E-state index contributed by atoms with van der Waals surface area (Å²) in [5, 5.41) is 3.19. The molecule has 0 saturated carbocycles. The highest BCUT2D eigenvalue weighted by Gasteiger charge is 1.94. The van der Waals surface area contributed by atoms with Crippen LogP contribution in [0.5, 0.6) is 0 Å². The summed E-state index contributed by atoms with van der Waals surface area (Å²) in [4.78, 5) is 6.42. The van der Waals surface area contributed by atoms with Crippen molar-refractivity contribution >= 4 is 5.84 Å². The van der Waals surface area contributed by atoms with Crippen LogP contribution in [0.25, 0.3) is 0 Å². The van der Waals surface area contributed by atoms with Crippen LogP contribution in [0, 0.1) is 0 Å². The predicted octanol–water partition coefficient (Wildman–Crippen LogP) is 2.38. The van der Waals surface area contributed by atoms with E-state index in [0.717, 1.165) is 31.0 Å². The number of hydrogen-bond acceptors (Lipinski definition) is 2. The summed E-state index contributed by atoms with van der Waals surface area (Å²) in [5.41, 5.74) is 0.879. The molecular weight excluding hydrogens is 186 g/mol. The molecule has 0 radical (unpaired) electrons. The fourth-order valence-electron chi connectivity index (χ4n) is 0.980. The van der Waals surface area contributed by atoms with Gasteiger partial charge in [0.15, 0.2) is 0 Å². The molecule has 0 rings (SSSR count). The van der Waals surface area contributed by atoms with Crippen LogP contribution in [0.4, 0.5) is 0 Å². The molecule has 0 aliphatic heterocycles. The van der Waals surface area contributed by atoms with Crippen molar-refractivity contribution in [2.24, 2.45) is 4.99 Å². The molecule has 0 saturated heterocycles. The number of allylic oxidation sites excluding steroid dienone is 1. The maximum absolute atomic E-state index is 4.33. The average molecular weight is 209 g/mol. The second kappa shape index (κ2) is 8.09. The minimum Gasteiger partial charge on any atom is -0.381 e. The van der Waals surface area contributed by atoms with Crippen molar-refractivity contribution in [2.75, 3.05) is 20.1 Å². The monoisotopic (exact) mass is 209 g/mol. The maximum atomic E-state index is 4.33. The highest BCUT2D eigenvalue weighted by molar-refractivity contribution is 5.83. The zero-order chi connectivity index (χ0) is 11.7. The fourth-order valence-corrected chi connectivity index (χ4v) is 0.980. The molecule has 1 N–H and O–H groups in total. The predicted molar refractivity (Wildman–Crippen MR) is 68.0 cm³/mol. The van der Waals surface area contributed by atoms with Crippen LogP contribution in [-0.2, 0) is 0 Å². The average Bonchev–Trinajstić information content (AvgIpc) is 2.25. The summed E-state index contributed by atoms with van der Waals surface area (Å²) < 4.78 is 0. The molecule has 15 heavy (non-hydrogen) atoms. The lowest BCUT2D eigenvalue weighted by atomic mass is 10.3. The molecule has 0 aliphatic rings. The van der Waals surface area contributed by atoms with E-state index in [-0.39, 0.29) is 0 Å². The first-order chi connectivity index (χ1) is 7.13. The van der Waals surface area contributed by atoms with Crippen molar-refractivity contribution < 1.29 is 0 Å². The third-order valence-electron chi connectivity index (χ3n) is 2.02. The largest absolute Gasteiger partial charge is 0.381 e. The first-order valence-corrected chi connectivity index (χ1v) is 5.51. The van der Waals surface area contributed by atoms with Gasteiger partial charge in [-0.2, -0.15) is 0 Å². The second-order valence-corrected chi connectivity index (χ2v) is 3.31. The van der Waals surface area contributed by atoms with E-state index in [1.165, 1.54) is 0 Å². The highest BCUT2D eigenvalue weighted by Crippen LogP contribution is 1.93. The summed E-state index contributed by atoms with van der Waals surface area (Å²) in [5.74, 6) is 0.992. The molecule has 3 nitrogen and oxygen atoms in total. The van der Waals surface area contributed by atoms with E-state index in [1.807, 2.05) is 26.2 Å². The van der Waals surface area contributed by atoms with Crippen molar-refractivity contribution in [1.29, 1.82) is 0 Å². The van der Waals surface area contributed by atoms with Crippen LogP contribution in [0.1, 0.15) is 27.2 Å². The van der Waals surface area contributed by atoms with Gasteiger partial charge in [0.25, 0.3) is 0 Å². The molecule has 0 aromatic carbocycles. The van der Waals surface area contributed by atoms with Crippen LogP contribution >= 0.6 is 0 Å². The van der Waals surface area contributed by atoms with Crippen LogP contribution in [-0.4, -0.2) is 30.9 Å². The molecular formula is C12H23N3. The van der Waals surface area contributed by atoms with E-state index < -0.39 is 0 Å². The van der Waals surface area contributed by atoms with Gasteiger partial charge >= 0.3 is 0 Å². The van der Waals surface area contributed by atoms with E-state index in [1.54, 1.807) is 0 Å². The molecule has 0 bridgehead atoms. The molecule has 0 fully saturated rings. The Balaban J connectivity index is 4.13. The van der Waals surface area contributed by atoms with E-state index in [9.17, 15) is 0 Å². The van der Waals surface area contributed by atoms with Gasteiger partial charge in [0.1, 0.15) is 5.84 Å². The molecule has 0 aromatic heterocycles. The summed E-state index contributed by atoms with van der Waals surface area (Å²) in [7, 11) is 2.03. The molecule has 0 aromatic rings. The van der Waals surface area contributed by atoms with Crippen LogP contribution in [0.15, 0.2) is 29.5 Å². The Kier molecular flexibility index (Phi) is 7.42. The van der Waals surface area contributed by atoms with Gasteiger partial charge in [0, 0.05) is 38.5 Å². The SMILES string of the molecule is C=C(/C=C\N(C)CC)NC(CC)=NCC. The quantitative estimate of drug-likeness (QED) is 0.413. The third kappa shape index (κ3) is 6.77.